The lowest BCUT2D eigenvalue weighted by Gasteiger charge is -2.23. The molecule has 0 atom stereocenters. The second-order valence-corrected chi connectivity index (χ2v) is 12.0. The zero-order valence-corrected chi connectivity index (χ0v) is 28.8. The molecule has 0 aliphatic carbocycles. The first kappa shape index (κ1) is 39.4. The second kappa shape index (κ2) is 25.7. The number of ether oxygens (including phenoxy) is 1. The van der Waals surface area contributed by atoms with Crippen molar-refractivity contribution in [3.63, 3.8) is 0 Å². The fraction of sp³-hybridized carbons (Fsp3) is 0.500. The van der Waals surface area contributed by atoms with Gasteiger partial charge in [-0.15, -0.1) is 0 Å². The van der Waals surface area contributed by atoms with Crippen LogP contribution in [0.25, 0.3) is 0 Å². The van der Waals surface area contributed by atoms with E-state index < -0.39 is 5.41 Å². The zero-order valence-electron chi connectivity index (χ0n) is 28.8. The Morgan fingerprint density at radius 1 is 0.733 bits per heavy atom. The Bertz CT molecular complexity index is 1140. The number of nitrogens with one attached hydrogen (secondary N) is 2. The molecule has 0 spiro atoms. The summed E-state index contributed by atoms with van der Waals surface area (Å²) >= 11 is 0. The molecule has 5 nitrogen and oxygen atoms in total. The van der Waals surface area contributed by atoms with Crippen molar-refractivity contribution in [1.29, 1.82) is 0 Å². The Labute approximate surface area is 274 Å². The monoisotopic (exact) mass is 616 g/mol. The van der Waals surface area contributed by atoms with Gasteiger partial charge in [0.05, 0.1) is 6.61 Å². The third-order valence-corrected chi connectivity index (χ3v) is 7.26. The Morgan fingerprint density at radius 2 is 1.27 bits per heavy atom. The molecule has 0 heterocycles. The van der Waals surface area contributed by atoms with Crippen LogP contribution in [0.2, 0.25) is 0 Å². The number of rotatable bonds is 24. The van der Waals surface area contributed by atoms with E-state index in [1.807, 2.05) is 20.8 Å². The molecular weight excluding hydrogens is 556 g/mol. The summed E-state index contributed by atoms with van der Waals surface area (Å²) in [6.07, 6.45) is 35.5. The smallest absolute Gasteiger partial charge is 0.225 e. The topological polar surface area (TPSA) is 67.4 Å². The molecule has 0 unspecified atom stereocenters. The van der Waals surface area contributed by atoms with Gasteiger partial charge >= 0.3 is 0 Å². The fourth-order valence-corrected chi connectivity index (χ4v) is 4.37. The summed E-state index contributed by atoms with van der Waals surface area (Å²) in [5, 5.41) is 5.97. The second-order valence-electron chi connectivity index (χ2n) is 12.0. The molecule has 0 aliphatic rings. The average Bonchev–Trinajstić information content (AvgIpc) is 3.01. The predicted octanol–water partition coefficient (Wildman–Crippen LogP) is 9.59. The number of aryl methyl sites for hydroxylation is 2. The van der Waals surface area contributed by atoms with Gasteiger partial charge in [0.15, 0.2) is 0 Å². The highest BCUT2D eigenvalue weighted by atomic mass is 16.5. The maximum Gasteiger partial charge on any atom is 0.225 e. The van der Waals surface area contributed by atoms with Crippen molar-refractivity contribution in [2.24, 2.45) is 5.41 Å². The summed E-state index contributed by atoms with van der Waals surface area (Å²) in [5.74, 6) is 1.000. The van der Waals surface area contributed by atoms with Crippen LogP contribution >= 0.6 is 0 Å². The molecule has 248 valence electrons. The van der Waals surface area contributed by atoms with Crippen LogP contribution < -0.4 is 15.4 Å². The Hall–Kier alpha value is -3.60. The Kier molecular flexibility index (Phi) is 22.5. The molecule has 0 saturated carbocycles. The molecule has 1 aromatic rings. The van der Waals surface area contributed by atoms with Gasteiger partial charge in [0.25, 0.3) is 0 Å². The van der Waals surface area contributed by atoms with E-state index in [0.717, 1.165) is 69.1 Å². The number of carbonyl (C=O) groups is 2. The van der Waals surface area contributed by atoms with Gasteiger partial charge in [-0.05, 0) is 95.2 Å². The first-order chi connectivity index (χ1) is 21.8. The summed E-state index contributed by atoms with van der Waals surface area (Å²) < 4.78 is 5.93. The summed E-state index contributed by atoms with van der Waals surface area (Å²) in [7, 11) is 0. The molecule has 0 aromatic heterocycles. The molecule has 1 aromatic carbocycles. The zero-order chi connectivity index (χ0) is 33.0. The van der Waals surface area contributed by atoms with Crippen molar-refractivity contribution in [2.45, 2.75) is 105 Å². The lowest BCUT2D eigenvalue weighted by molar-refractivity contribution is -0.129. The van der Waals surface area contributed by atoms with Crippen molar-refractivity contribution in [1.82, 2.24) is 10.6 Å². The van der Waals surface area contributed by atoms with Crippen molar-refractivity contribution < 1.29 is 14.3 Å². The van der Waals surface area contributed by atoms with Crippen LogP contribution in [0.4, 0.5) is 0 Å². The number of hydrogen-bond donors (Lipinski definition) is 2. The van der Waals surface area contributed by atoms with Gasteiger partial charge in [0.2, 0.25) is 11.8 Å². The van der Waals surface area contributed by atoms with Gasteiger partial charge in [0, 0.05) is 24.9 Å². The van der Waals surface area contributed by atoms with Gasteiger partial charge in [0.1, 0.15) is 5.75 Å². The summed E-state index contributed by atoms with van der Waals surface area (Å²) in [4.78, 5) is 24.8. The number of benzene rings is 1. The molecule has 2 N–H and O–H groups in total. The highest BCUT2D eigenvalue weighted by Gasteiger charge is 2.26. The van der Waals surface area contributed by atoms with E-state index >= 15 is 0 Å². The van der Waals surface area contributed by atoms with E-state index in [2.05, 4.69) is 116 Å². The first-order valence-electron chi connectivity index (χ1n) is 16.9. The highest BCUT2D eigenvalue weighted by Crippen LogP contribution is 2.24. The quantitative estimate of drug-likeness (QED) is 0.0898. The van der Waals surface area contributed by atoms with E-state index in [0.29, 0.717) is 32.5 Å². The molecule has 2 amide bonds. The van der Waals surface area contributed by atoms with Crippen LogP contribution in [0.3, 0.4) is 0 Å². The minimum atomic E-state index is -0.465. The van der Waals surface area contributed by atoms with Crippen LogP contribution in [0.5, 0.6) is 5.75 Å². The third-order valence-electron chi connectivity index (χ3n) is 7.26. The minimum absolute atomic E-state index is 0.0400. The standard InChI is InChI=1S/C40H60N2O3/c1-6-7-8-9-10-11-12-13-14-15-16-17-18-19-20-21-22-23-24-27-38(43)41-31-26-32-42-39(44)40(4,5)30-25-33-45-37-34-35(2)28-29-36(37)3/h7-8,10-11,13-14,16-17,19-20,22-23,28-29,34H,6,9,12,15,18,21,24-27,30-33H2,1-5H3,(H,41,43)(H,42,44). The largest absolute Gasteiger partial charge is 0.493 e. The average molecular weight is 617 g/mol. The van der Waals surface area contributed by atoms with Crippen LogP contribution in [0, 0.1) is 19.3 Å². The molecular formula is C40H60N2O3. The van der Waals surface area contributed by atoms with E-state index in [9.17, 15) is 9.59 Å². The molecule has 0 saturated heterocycles. The molecule has 45 heavy (non-hydrogen) atoms. The normalized spacial score (nSPS) is 12.6. The van der Waals surface area contributed by atoms with Crippen molar-refractivity contribution in [3.05, 3.63) is 102 Å². The number of carbonyl (C=O) groups excluding carboxylic acids is 2. The number of hydrogen-bond acceptors (Lipinski definition) is 3. The van der Waals surface area contributed by atoms with Crippen LogP contribution in [-0.2, 0) is 9.59 Å². The molecule has 1 rings (SSSR count). The molecule has 5 heteroatoms. The fourth-order valence-electron chi connectivity index (χ4n) is 4.37. The van der Waals surface area contributed by atoms with Crippen LogP contribution in [-0.4, -0.2) is 31.5 Å². The van der Waals surface area contributed by atoms with Crippen LogP contribution in [0.15, 0.2) is 91.1 Å². The minimum Gasteiger partial charge on any atom is -0.493 e. The van der Waals surface area contributed by atoms with Gasteiger partial charge in [-0.25, -0.2) is 0 Å². The Morgan fingerprint density at radius 3 is 1.84 bits per heavy atom. The first-order valence-corrected chi connectivity index (χ1v) is 16.9. The lowest BCUT2D eigenvalue weighted by atomic mass is 9.87. The molecule has 0 fully saturated rings. The maximum atomic E-state index is 12.7. The summed E-state index contributed by atoms with van der Waals surface area (Å²) in [6.45, 7) is 11.9. The summed E-state index contributed by atoms with van der Waals surface area (Å²) in [6, 6.07) is 6.20. The predicted molar refractivity (Wildman–Crippen MR) is 193 cm³/mol. The van der Waals surface area contributed by atoms with Gasteiger partial charge in [-0.2, -0.15) is 0 Å². The molecule has 0 bridgehead atoms. The maximum absolute atomic E-state index is 12.7. The third kappa shape index (κ3) is 21.7. The number of allylic oxidation sites excluding steroid dienone is 12. The Balaban J connectivity index is 2.03. The highest BCUT2D eigenvalue weighted by molar-refractivity contribution is 5.81. The SMILES string of the molecule is CCC=CCC=CCC=CCC=CCC=CCC=CCCC(=O)NCCCNC(=O)C(C)(C)CCCOc1cc(C)ccc1C. The van der Waals surface area contributed by atoms with Crippen molar-refractivity contribution in [2.75, 3.05) is 19.7 Å². The van der Waals surface area contributed by atoms with E-state index in [1.54, 1.807) is 0 Å². The van der Waals surface area contributed by atoms with E-state index in [-0.39, 0.29) is 11.8 Å². The van der Waals surface area contributed by atoms with Gasteiger partial charge in [-0.3, -0.25) is 9.59 Å². The van der Waals surface area contributed by atoms with Crippen LogP contribution in [0.1, 0.15) is 103 Å². The van der Waals surface area contributed by atoms with Gasteiger partial charge in [-0.1, -0.05) is 106 Å². The van der Waals surface area contributed by atoms with Crippen molar-refractivity contribution in [3.8, 4) is 5.75 Å². The van der Waals surface area contributed by atoms with E-state index in [4.69, 9.17) is 4.74 Å². The van der Waals surface area contributed by atoms with Gasteiger partial charge < -0.3 is 15.4 Å². The molecule has 0 radical (unpaired) electrons. The van der Waals surface area contributed by atoms with E-state index in [1.165, 1.54) is 5.56 Å². The number of amides is 2. The summed E-state index contributed by atoms with van der Waals surface area (Å²) in [5.41, 5.74) is 1.84. The van der Waals surface area contributed by atoms with Crippen molar-refractivity contribution >= 4 is 11.8 Å². The molecule has 0 aliphatic heterocycles. The lowest BCUT2D eigenvalue weighted by Crippen LogP contribution is -2.38.